The Kier molecular flexibility index (Phi) is 6.13. The Balaban J connectivity index is 3.68. The first-order chi connectivity index (χ1) is 6.24. The van der Waals surface area contributed by atoms with Gasteiger partial charge in [0.15, 0.2) is 6.10 Å². The van der Waals surface area contributed by atoms with Crippen LogP contribution in [0.1, 0.15) is 13.3 Å². The smallest absolute Gasteiger partial charge is 0.431 e. The molecule has 0 rings (SSSR count). The predicted molar refractivity (Wildman–Crippen MR) is 47.3 cm³/mol. The number of carbonyl (C=O) groups is 1. The van der Waals surface area contributed by atoms with Crippen LogP contribution in [0.3, 0.4) is 0 Å². The van der Waals surface area contributed by atoms with E-state index in [0.29, 0.717) is 0 Å². The molecule has 0 saturated carbocycles. The summed E-state index contributed by atoms with van der Waals surface area (Å²) in [6.45, 7) is 1.95. The van der Waals surface area contributed by atoms with E-state index in [1.807, 2.05) is 5.48 Å². The van der Waals surface area contributed by atoms with Crippen molar-refractivity contribution in [3.63, 3.8) is 0 Å². The molecule has 1 N–H and O–H groups in total. The molecule has 13 heavy (non-hydrogen) atoms. The largest absolute Gasteiger partial charge is 0.448 e. The van der Waals surface area contributed by atoms with Crippen molar-refractivity contribution < 1.29 is 14.4 Å². The average molecular weight is 181 g/mol. The molecule has 0 aromatic heterocycles. The maximum absolute atomic E-state index is 10.7. The number of terminal acetylenes is 2. The fourth-order valence-corrected chi connectivity index (χ4v) is 0.521. The molecule has 4 heteroatoms. The summed E-state index contributed by atoms with van der Waals surface area (Å²) >= 11 is 0. The topological polar surface area (TPSA) is 47.6 Å². The SMILES string of the molecule is C#CCC(C#C)ONC(=O)OCC. The predicted octanol–water partition coefficient (Wildman–Crippen LogP) is 0.689. The van der Waals surface area contributed by atoms with Crippen molar-refractivity contribution >= 4 is 6.09 Å². The highest BCUT2D eigenvalue weighted by atomic mass is 16.7. The molecular formula is C9H11NO3. The van der Waals surface area contributed by atoms with E-state index in [2.05, 4.69) is 16.6 Å². The van der Waals surface area contributed by atoms with Crippen LogP contribution >= 0.6 is 0 Å². The zero-order valence-corrected chi connectivity index (χ0v) is 7.37. The van der Waals surface area contributed by atoms with Gasteiger partial charge < -0.3 is 4.74 Å². The van der Waals surface area contributed by atoms with Gasteiger partial charge in [-0.2, -0.15) is 5.48 Å². The van der Waals surface area contributed by atoms with Gasteiger partial charge in [0.1, 0.15) is 0 Å². The molecule has 0 radical (unpaired) electrons. The third kappa shape index (κ3) is 5.60. The summed E-state index contributed by atoms with van der Waals surface area (Å²) in [5.74, 6) is 4.58. The van der Waals surface area contributed by atoms with Crippen molar-refractivity contribution in [2.45, 2.75) is 19.4 Å². The Morgan fingerprint density at radius 1 is 1.62 bits per heavy atom. The van der Waals surface area contributed by atoms with E-state index in [4.69, 9.17) is 17.7 Å². The molecule has 0 spiro atoms. The molecule has 1 unspecified atom stereocenters. The molecule has 0 aliphatic carbocycles. The Bertz CT molecular complexity index is 236. The van der Waals surface area contributed by atoms with Crippen LogP contribution in [0.15, 0.2) is 0 Å². The summed E-state index contributed by atoms with van der Waals surface area (Å²) in [4.78, 5) is 15.4. The fourth-order valence-electron chi connectivity index (χ4n) is 0.521. The molecule has 0 heterocycles. The van der Waals surface area contributed by atoms with Crippen LogP contribution in [0, 0.1) is 24.7 Å². The molecule has 0 aromatic carbocycles. The monoisotopic (exact) mass is 181 g/mol. The lowest BCUT2D eigenvalue weighted by Gasteiger charge is -2.09. The van der Waals surface area contributed by atoms with E-state index < -0.39 is 12.2 Å². The van der Waals surface area contributed by atoms with E-state index >= 15 is 0 Å². The van der Waals surface area contributed by atoms with Crippen molar-refractivity contribution in [3.8, 4) is 24.7 Å². The number of carbonyl (C=O) groups excluding carboxylic acids is 1. The van der Waals surface area contributed by atoms with Gasteiger partial charge in [-0.05, 0) is 6.92 Å². The molecular weight excluding hydrogens is 170 g/mol. The molecule has 0 aliphatic heterocycles. The zero-order chi connectivity index (χ0) is 10.1. The third-order valence-corrected chi connectivity index (χ3v) is 1.05. The number of ether oxygens (including phenoxy) is 1. The highest BCUT2D eigenvalue weighted by molar-refractivity contribution is 5.65. The van der Waals surface area contributed by atoms with Crippen LogP contribution in [-0.4, -0.2) is 18.8 Å². The van der Waals surface area contributed by atoms with E-state index in [-0.39, 0.29) is 13.0 Å². The minimum Gasteiger partial charge on any atom is -0.448 e. The number of nitrogens with one attached hydrogen (secondary N) is 1. The molecule has 0 saturated heterocycles. The number of amides is 1. The van der Waals surface area contributed by atoms with Gasteiger partial charge in [-0.15, -0.1) is 18.8 Å². The Labute approximate surface area is 77.5 Å². The second-order valence-corrected chi connectivity index (χ2v) is 2.00. The Morgan fingerprint density at radius 2 is 2.31 bits per heavy atom. The minimum atomic E-state index is -0.681. The molecule has 70 valence electrons. The van der Waals surface area contributed by atoms with E-state index in [0.717, 1.165) is 0 Å². The lowest BCUT2D eigenvalue weighted by atomic mass is 10.3. The van der Waals surface area contributed by atoms with Crippen LogP contribution in [-0.2, 0) is 9.57 Å². The summed E-state index contributed by atoms with van der Waals surface area (Å²) in [5, 5.41) is 0. The summed E-state index contributed by atoms with van der Waals surface area (Å²) in [5.41, 5.74) is 2.02. The fraction of sp³-hybridized carbons (Fsp3) is 0.444. The van der Waals surface area contributed by atoms with Gasteiger partial charge in [0.05, 0.1) is 6.61 Å². The second-order valence-electron chi connectivity index (χ2n) is 2.00. The first kappa shape index (κ1) is 11.4. The highest BCUT2D eigenvalue weighted by Crippen LogP contribution is 1.92. The van der Waals surface area contributed by atoms with Crippen molar-refractivity contribution in [2.24, 2.45) is 0 Å². The summed E-state index contributed by atoms with van der Waals surface area (Å²) < 4.78 is 4.52. The maximum atomic E-state index is 10.7. The van der Waals surface area contributed by atoms with Crippen LogP contribution in [0.2, 0.25) is 0 Å². The van der Waals surface area contributed by atoms with Crippen LogP contribution in [0.5, 0.6) is 0 Å². The number of hydroxylamine groups is 1. The number of hydrogen-bond acceptors (Lipinski definition) is 3. The summed E-state index contributed by atoms with van der Waals surface area (Å²) in [6.07, 6.45) is 9.00. The Morgan fingerprint density at radius 3 is 2.77 bits per heavy atom. The van der Waals surface area contributed by atoms with Gasteiger partial charge in [0, 0.05) is 6.42 Å². The van der Waals surface area contributed by atoms with E-state index in [1.54, 1.807) is 6.92 Å². The summed E-state index contributed by atoms with van der Waals surface area (Å²) in [7, 11) is 0. The molecule has 1 amide bonds. The quantitative estimate of drug-likeness (QED) is 0.512. The van der Waals surface area contributed by atoms with Gasteiger partial charge in [-0.1, -0.05) is 5.92 Å². The standard InChI is InChI=1S/C9H11NO3/c1-4-7-8(5-2)13-10-9(11)12-6-3/h1-2,8H,6-7H2,3H3,(H,10,11). The Hall–Kier alpha value is -1.65. The molecule has 0 aromatic rings. The van der Waals surface area contributed by atoms with Gasteiger partial charge in [-0.3, -0.25) is 4.84 Å². The van der Waals surface area contributed by atoms with Crippen molar-refractivity contribution in [2.75, 3.05) is 6.61 Å². The molecule has 0 fully saturated rings. The summed E-state index contributed by atoms with van der Waals surface area (Å²) in [6, 6.07) is 0. The molecule has 1 atom stereocenters. The minimum absolute atomic E-state index is 0.239. The van der Waals surface area contributed by atoms with Gasteiger partial charge in [0.2, 0.25) is 0 Å². The van der Waals surface area contributed by atoms with Gasteiger partial charge >= 0.3 is 6.09 Å². The van der Waals surface area contributed by atoms with Crippen LogP contribution in [0.4, 0.5) is 4.79 Å². The van der Waals surface area contributed by atoms with Crippen LogP contribution in [0.25, 0.3) is 0 Å². The van der Waals surface area contributed by atoms with Crippen molar-refractivity contribution in [1.29, 1.82) is 0 Å². The van der Waals surface area contributed by atoms with Crippen molar-refractivity contribution in [3.05, 3.63) is 0 Å². The van der Waals surface area contributed by atoms with Crippen LogP contribution < -0.4 is 5.48 Å². The second kappa shape index (κ2) is 7.02. The zero-order valence-electron chi connectivity index (χ0n) is 7.37. The number of rotatable bonds is 4. The highest BCUT2D eigenvalue weighted by Gasteiger charge is 2.06. The van der Waals surface area contributed by atoms with Crippen molar-refractivity contribution in [1.82, 2.24) is 5.48 Å². The van der Waals surface area contributed by atoms with Gasteiger partial charge in [-0.25, -0.2) is 4.79 Å². The first-order valence-electron chi connectivity index (χ1n) is 3.72. The molecule has 0 bridgehead atoms. The lowest BCUT2D eigenvalue weighted by Crippen LogP contribution is -2.29. The molecule has 4 nitrogen and oxygen atoms in total. The van der Waals surface area contributed by atoms with Gasteiger partial charge in [0.25, 0.3) is 0 Å². The first-order valence-corrected chi connectivity index (χ1v) is 3.72. The number of hydrogen-bond donors (Lipinski definition) is 1. The van der Waals surface area contributed by atoms with E-state index in [1.165, 1.54) is 0 Å². The molecule has 0 aliphatic rings. The average Bonchev–Trinajstić information content (AvgIpc) is 2.12. The normalized spacial score (nSPS) is 10.7. The third-order valence-electron chi connectivity index (χ3n) is 1.05. The lowest BCUT2D eigenvalue weighted by molar-refractivity contribution is 0.00477. The van der Waals surface area contributed by atoms with E-state index in [9.17, 15) is 4.79 Å². The maximum Gasteiger partial charge on any atom is 0.431 e.